The molecular formula is C32H33ClN6O4. The smallest absolute Gasteiger partial charge is 0.358 e. The van der Waals surface area contributed by atoms with Crippen LogP contribution in [0.5, 0.6) is 0 Å². The Kier molecular flexibility index (Phi) is 9.38. The van der Waals surface area contributed by atoms with Crippen molar-refractivity contribution >= 4 is 29.4 Å². The third-order valence-electron chi connectivity index (χ3n) is 7.34. The van der Waals surface area contributed by atoms with Crippen LogP contribution in [-0.4, -0.2) is 33.9 Å². The van der Waals surface area contributed by atoms with Crippen molar-refractivity contribution in [1.82, 2.24) is 15.1 Å². The summed E-state index contributed by atoms with van der Waals surface area (Å²) >= 11 is 6.52. The van der Waals surface area contributed by atoms with Gasteiger partial charge < -0.3 is 19.8 Å². The fourth-order valence-corrected chi connectivity index (χ4v) is 5.46. The van der Waals surface area contributed by atoms with E-state index in [2.05, 4.69) is 22.5 Å². The summed E-state index contributed by atoms with van der Waals surface area (Å²) in [5, 5.41) is 4.01. The monoisotopic (exact) mass is 600 g/mol. The van der Waals surface area contributed by atoms with Gasteiger partial charge in [-0.25, -0.2) is 26.0 Å². The van der Waals surface area contributed by atoms with Crippen molar-refractivity contribution in [3.05, 3.63) is 112 Å². The van der Waals surface area contributed by atoms with E-state index in [1.165, 1.54) is 0 Å². The molecule has 1 aliphatic rings. The molecular weight excluding hydrogens is 568 g/mol. The van der Waals surface area contributed by atoms with Gasteiger partial charge in [-0.2, -0.15) is 0 Å². The first-order valence-corrected chi connectivity index (χ1v) is 14.5. The lowest BCUT2D eigenvalue weighted by atomic mass is 9.98. The van der Waals surface area contributed by atoms with Gasteiger partial charge in [-0.15, -0.1) is 5.10 Å². The van der Waals surface area contributed by atoms with E-state index in [4.69, 9.17) is 32.7 Å². The summed E-state index contributed by atoms with van der Waals surface area (Å²) in [6, 6.07) is 22.8. The maximum absolute atomic E-state index is 13.3. The Labute approximate surface area is 254 Å². The maximum atomic E-state index is 13.3. The van der Waals surface area contributed by atoms with E-state index < -0.39 is 12.1 Å². The van der Waals surface area contributed by atoms with Crippen molar-refractivity contribution in [3.63, 3.8) is 0 Å². The van der Waals surface area contributed by atoms with E-state index in [-0.39, 0.29) is 29.3 Å². The molecule has 2 heterocycles. The highest BCUT2D eigenvalue weighted by Gasteiger charge is 2.31. The van der Waals surface area contributed by atoms with Crippen LogP contribution < -0.4 is 17.1 Å². The molecule has 0 bridgehead atoms. The number of rotatable bonds is 12. The zero-order valence-corrected chi connectivity index (χ0v) is 24.5. The predicted octanol–water partition coefficient (Wildman–Crippen LogP) is 5.14. The number of nitrogens with one attached hydrogen (secondary N) is 1. The van der Waals surface area contributed by atoms with Gasteiger partial charge in [0.15, 0.2) is 16.7 Å². The third-order valence-corrected chi connectivity index (χ3v) is 7.60. The lowest BCUT2D eigenvalue weighted by Gasteiger charge is -2.14. The summed E-state index contributed by atoms with van der Waals surface area (Å²) in [5.41, 5.74) is 13.4. The molecule has 0 spiro atoms. The van der Waals surface area contributed by atoms with E-state index in [0.29, 0.717) is 30.8 Å². The number of ether oxygens (including phenoxy) is 2. The number of fused-ring (bicyclic) bond motifs is 1. The van der Waals surface area contributed by atoms with E-state index in [9.17, 15) is 9.59 Å². The summed E-state index contributed by atoms with van der Waals surface area (Å²) in [6.07, 6.45) is 2.39. The zero-order chi connectivity index (χ0) is 30.3. The number of benzene rings is 3. The molecule has 0 amide bonds. The molecule has 1 aliphatic heterocycles. The Morgan fingerprint density at radius 2 is 1.81 bits per heavy atom. The average Bonchev–Trinajstić information content (AvgIpc) is 3.51. The number of aryl methyl sites for hydroxylation is 1. The van der Waals surface area contributed by atoms with Crippen LogP contribution in [-0.2, 0) is 22.4 Å². The Morgan fingerprint density at radius 3 is 2.56 bits per heavy atom. The highest BCUT2D eigenvalue weighted by atomic mass is 35.5. The van der Waals surface area contributed by atoms with Gasteiger partial charge in [-0.05, 0) is 29.2 Å². The van der Waals surface area contributed by atoms with Crippen LogP contribution in [0.3, 0.4) is 0 Å². The number of nitrogens with two attached hydrogens (primary N) is 2. The lowest BCUT2D eigenvalue weighted by Crippen LogP contribution is -2.23. The van der Waals surface area contributed by atoms with Gasteiger partial charge in [0.05, 0.1) is 12.2 Å². The van der Waals surface area contributed by atoms with Crippen LogP contribution in [0.2, 0.25) is 5.15 Å². The van der Waals surface area contributed by atoms with Gasteiger partial charge in [0.2, 0.25) is 0 Å². The van der Waals surface area contributed by atoms with E-state index in [0.717, 1.165) is 40.7 Å². The van der Waals surface area contributed by atoms with E-state index >= 15 is 0 Å². The fourth-order valence-electron chi connectivity index (χ4n) is 5.18. The number of halogens is 1. The average molecular weight is 601 g/mol. The molecule has 3 aromatic carbocycles. The maximum Gasteiger partial charge on any atom is 0.358 e. The van der Waals surface area contributed by atoms with Crippen LogP contribution in [0.4, 0.5) is 0 Å². The van der Waals surface area contributed by atoms with Crippen molar-refractivity contribution in [2.24, 2.45) is 16.7 Å². The van der Waals surface area contributed by atoms with Crippen molar-refractivity contribution in [1.29, 1.82) is 0 Å². The molecule has 222 valence electrons. The Balaban J connectivity index is 1.34. The number of hydrogen-bond acceptors (Lipinski definition) is 8. The number of hydrogen-bond donors (Lipinski definition) is 3. The molecule has 4 aromatic rings. The minimum atomic E-state index is -0.577. The molecule has 10 nitrogen and oxygen atoms in total. The SMILES string of the molecule is CCCCc1nc(Cl)c(C(=O)OCCC2OC(=O)c3ccccc32)n1Cc1ccc(-c2ccccc2/C(N)=N/NN)cc1. The number of carbonyl (C=O) groups excluding carboxylic acids is 2. The van der Waals surface area contributed by atoms with Crippen LogP contribution in [0.1, 0.15) is 75.7 Å². The van der Waals surface area contributed by atoms with Crippen molar-refractivity contribution in [2.75, 3.05) is 6.61 Å². The standard InChI is InChI=1S/C32H33ClN6O4/c1-2-3-12-27-36-29(33)28(32(41)42-18-17-26-23-9-5-7-11-25(23)31(40)43-26)39(27)19-20-13-15-21(16-14-20)22-8-4-6-10-24(22)30(34)37-38-35/h4-11,13-16,26,38H,2-3,12,17-19,35H2,1H3,(H2,34,37). The highest BCUT2D eigenvalue weighted by Crippen LogP contribution is 2.33. The molecule has 1 aromatic heterocycles. The predicted molar refractivity (Wildman–Crippen MR) is 164 cm³/mol. The van der Waals surface area contributed by atoms with E-state index in [1.54, 1.807) is 12.1 Å². The largest absolute Gasteiger partial charge is 0.461 e. The molecule has 5 rings (SSSR count). The molecule has 0 saturated heterocycles. The van der Waals surface area contributed by atoms with Crippen molar-refractivity contribution in [2.45, 2.75) is 45.3 Å². The molecule has 1 unspecified atom stereocenters. The van der Waals surface area contributed by atoms with Gasteiger partial charge in [0.1, 0.15) is 11.9 Å². The Hall–Kier alpha value is -4.67. The molecule has 0 fully saturated rings. The zero-order valence-electron chi connectivity index (χ0n) is 23.8. The quantitative estimate of drug-likeness (QED) is 0.0666. The number of imidazole rings is 1. The van der Waals surface area contributed by atoms with E-state index in [1.807, 2.05) is 65.2 Å². The summed E-state index contributed by atoms with van der Waals surface area (Å²) in [7, 11) is 0. The highest BCUT2D eigenvalue weighted by molar-refractivity contribution is 6.32. The van der Waals surface area contributed by atoms with Crippen molar-refractivity contribution in [3.8, 4) is 11.1 Å². The fraction of sp³-hybridized carbons (Fsp3) is 0.250. The second-order valence-corrected chi connectivity index (χ2v) is 10.5. The second kappa shape index (κ2) is 13.5. The number of aromatic nitrogens is 2. The summed E-state index contributed by atoms with van der Waals surface area (Å²) in [6.45, 7) is 2.52. The number of esters is 2. The molecule has 11 heteroatoms. The summed E-state index contributed by atoms with van der Waals surface area (Å²) in [5.74, 6) is 5.36. The molecule has 43 heavy (non-hydrogen) atoms. The Morgan fingerprint density at radius 1 is 1.09 bits per heavy atom. The number of hydrazone groups is 1. The minimum absolute atomic E-state index is 0.0527. The number of cyclic esters (lactones) is 1. The summed E-state index contributed by atoms with van der Waals surface area (Å²) in [4.78, 5) is 30.0. The molecule has 5 N–H and O–H groups in total. The first-order chi connectivity index (χ1) is 20.9. The third kappa shape index (κ3) is 6.55. The normalized spacial score (nSPS) is 14.3. The van der Waals surface area contributed by atoms with Crippen LogP contribution in [0.15, 0.2) is 77.9 Å². The van der Waals surface area contributed by atoms with Gasteiger partial charge in [-0.1, -0.05) is 91.7 Å². The van der Waals surface area contributed by atoms with Gasteiger partial charge in [0.25, 0.3) is 0 Å². The van der Waals surface area contributed by atoms with Crippen LogP contribution in [0.25, 0.3) is 11.1 Å². The number of amidine groups is 1. The molecule has 0 saturated carbocycles. The van der Waals surface area contributed by atoms with Crippen LogP contribution in [0, 0.1) is 0 Å². The summed E-state index contributed by atoms with van der Waals surface area (Å²) < 4.78 is 12.9. The van der Waals surface area contributed by atoms with Gasteiger partial charge in [-0.3, -0.25) is 0 Å². The van der Waals surface area contributed by atoms with Gasteiger partial charge >= 0.3 is 11.9 Å². The lowest BCUT2D eigenvalue weighted by molar-refractivity contribution is 0.0254. The topological polar surface area (TPSA) is 147 Å². The first kappa shape index (κ1) is 29.8. The number of unbranched alkanes of at least 4 members (excludes halogenated alkanes) is 1. The number of carbonyl (C=O) groups is 2. The Bertz CT molecular complexity index is 1650. The van der Waals surface area contributed by atoms with Gasteiger partial charge in [0, 0.05) is 30.5 Å². The molecule has 0 radical (unpaired) electrons. The number of nitrogens with zero attached hydrogens (tertiary/aromatic N) is 3. The molecule has 0 aliphatic carbocycles. The minimum Gasteiger partial charge on any atom is -0.461 e. The van der Waals surface area contributed by atoms with Crippen LogP contribution >= 0.6 is 11.6 Å². The number of hydrazine groups is 1. The van der Waals surface area contributed by atoms with Crippen molar-refractivity contribution < 1.29 is 19.1 Å². The molecule has 1 atom stereocenters. The second-order valence-electron chi connectivity index (χ2n) is 10.1. The first-order valence-electron chi connectivity index (χ1n) is 14.1.